The smallest absolute Gasteiger partial charge is 0.275 e. The molecule has 0 aromatic heterocycles. The number of nitrogens with one attached hydrogen (secondary N) is 1. The SMILES string of the molecule is O=C(NN=Cc1ccc(Br)cc1)c1cc(Cl)ccc1O. The maximum Gasteiger partial charge on any atom is 0.275 e. The van der Waals surface area contributed by atoms with Crippen molar-refractivity contribution < 1.29 is 9.90 Å². The third-order valence-electron chi connectivity index (χ3n) is 2.45. The van der Waals surface area contributed by atoms with Gasteiger partial charge in [-0.1, -0.05) is 39.7 Å². The van der Waals surface area contributed by atoms with Crippen LogP contribution in [0.15, 0.2) is 52.0 Å². The van der Waals surface area contributed by atoms with Gasteiger partial charge in [-0.15, -0.1) is 0 Å². The molecule has 4 nitrogen and oxygen atoms in total. The Morgan fingerprint density at radius 1 is 1.25 bits per heavy atom. The number of hydrazone groups is 1. The lowest BCUT2D eigenvalue weighted by atomic mass is 10.2. The van der Waals surface area contributed by atoms with Gasteiger partial charge >= 0.3 is 0 Å². The minimum Gasteiger partial charge on any atom is -0.507 e. The molecule has 2 N–H and O–H groups in total. The molecule has 1 amide bonds. The molecule has 20 heavy (non-hydrogen) atoms. The molecule has 0 atom stereocenters. The number of phenols is 1. The van der Waals surface area contributed by atoms with Crippen LogP contribution in [0.1, 0.15) is 15.9 Å². The van der Waals surface area contributed by atoms with E-state index in [1.165, 1.54) is 24.4 Å². The van der Waals surface area contributed by atoms with Gasteiger partial charge in [-0.05, 0) is 35.9 Å². The second-order valence-corrected chi connectivity index (χ2v) is 5.26. The van der Waals surface area contributed by atoms with Crippen LogP contribution in [0.4, 0.5) is 0 Å². The number of hydrogen-bond acceptors (Lipinski definition) is 3. The minimum absolute atomic E-state index is 0.0745. The summed E-state index contributed by atoms with van der Waals surface area (Å²) in [4.78, 5) is 11.8. The van der Waals surface area contributed by atoms with Gasteiger partial charge in [-0.25, -0.2) is 5.43 Å². The van der Waals surface area contributed by atoms with Crippen molar-refractivity contribution in [2.75, 3.05) is 0 Å². The van der Waals surface area contributed by atoms with Gasteiger partial charge in [0.2, 0.25) is 0 Å². The largest absolute Gasteiger partial charge is 0.507 e. The number of amides is 1. The Morgan fingerprint density at radius 2 is 1.95 bits per heavy atom. The van der Waals surface area contributed by atoms with Gasteiger partial charge < -0.3 is 5.11 Å². The van der Waals surface area contributed by atoms with E-state index in [-0.39, 0.29) is 11.3 Å². The van der Waals surface area contributed by atoms with Crippen LogP contribution in [0.5, 0.6) is 5.75 Å². The Bertz CT molecular complexity index is 657. The fraction of sp³-hybridized carbons (Fsp3) is 0. The average molecular weight is 354 g/mol. The van der Waals surface area contributed by atoms with Crippen LogP contribution in [0.25, 0.3) is 0 Å². The molecule has 0 spiro atoms. The number of benzene rings is 2. The molecular formula is C14H10BrClN2O2. The second-order valence-electron chi connectivity index (χ2n) is 3.91. The number of carbonyl (C=O) groups excluding carboxylic acids is 1. The molecule has 2 aromatic rings. The van der Waals surface area contributed by atoms with Crippen LogP contribution in [-0.4, -0.2) is 17.2 Å². The highest BCUT2D eigenvalue weighted by molar-refractivity contribution is 9.10. The topological polar surface area (TPSA) is 61.7 Å². The number of rotatable bonds is 3. The molecule has 0 unspecified atom stereocenters. The normalized spacial score (nSPS) is 10.7. The van der Waals surface area contributed by atoms with Crippen molar-refractivity contribution in [3.05, 3.63) is 63.1 Å². The lowest BCUT2D eigenvalue weighted by Gasteiger charge is -2.03. The van der Waals surface area contributed by atoms with E-state index in [2.05, 4.69) is 26.5 Å². The van der Waals surface area contributed by atoms with Gasteiger partial charge in [0, 0.05) is 9.50 Å². The summed E-state index contributed by atoms with van der Waals surface area (Å²) in [6.45, 7) is 0. The fourth-order valence-corrected chi connectivity index (χ4v) is 1.90. The molecule has 2 aromatic carbocycles. The van der Waals surface area contributed by atoms with Crippen molar-refractivity contribution in [3.8, 4) is 5.75 Å². The molecule has 0 aliphatic rings. The van der Waals surface area contributed by atoms with E-state index in [1.807, 2.05) is 24.3 Å². The molecule has 0 saturated carbocycles. The number of phenolic OH excluding ortho intramolecular Hbond substituents is 1. The maximum atomic E-state index is 11.8. The lowest BCUT2D eigenvalue weighted by molar-refractivity contribution is 0.0952. The van der Waals surface area contributed by atoms with Crippen LogP contribution in [0.2, 0.25) is 5.02 Å². The fourth-order valence-electron chi connectivity index (χ4n) is 1.46. The Morgan fingerprint density at radius 3 is 2.65 bits per heavy atom. The molecule has 0 saturated heterocycles. The van der Waals surface area contributed by atoms with Gasteiger partial charge in [0.25, 0.3) is 5.91 Å². The highest BCUT2D eigenvalue weighted by Crippen LogP contribution is 2.21. The third-order valence-corrected chi connectivity index (χ3v) is 3.22. The van der Waals surface area contributed by atoms with Crippen LogP contribution >= 0.6 is 27.5 Å². The quantitative estimate of drug-likeness (QED) is 0.654. The van der Waals surface area contributed by atoms with Crippen LogP contribution in [0, 0.1) is 0 Å². The first kappa shape index (κ1) is 14.6. The second kappa shape index (κ2) is 6.54. The minimum atomic E-state index is -0.529. The van der Waals surface area contributed by atoms with E-state index in [0.717, 1.165) is 10.0 Å². The molecular weight excluding hydrogens is 344 g/mol. The zero-order chi connectivity index (χ0) is 14.5. The van der Waals surface area contributed by atoms with Crippen molar-refractivity contribution in [1.82, 2.24) is 5.43 Å². The standard InChI is InChI=1S/C14H10BrClN2O2/c15-10-3-1-9(2-4-10)8-17-18-14(20)12-7-11(16)5-6-13(12)19/h1-8,19H,(H,18,20). The summed E-state index contributed by atoms with van der Waals surface area (Å²) < 4.78 is 0.961. The van der Waals surface area contributed by atoms with Gasteiger partial charge in [-0.3, -0.25) is 4.79 Å². The molecule has 2 rings (SSSR count). The number of carbonyl (C=O) groups is 1. The van der Waals surface area contributed by atoms with E-state index >= 15 is 0 Å². The van der Waals surface area contributed by atoms with Crippen LogP contribution in [0.3, 0.4) is 0 Å². The predicted molar refractivity (Wildman–Crippen MR) is 82.3 cm³/mol. The van der Waals surface area contributed by atoms with Gasteiger partial charge in [0.1, 0.15) is 5.75 Å². The monoisotopic (exact) mass is 352 g/mol. The van der Waals surface area contributed by atoms with Gasteiger partial charge in [0.15, 0.2) is 0 Å². The Hall–Kier alpha value is -1.85. The summed E-state index contributed by atoms with van der Waals surface area (Å²) in [5, 5.41) is 13.8. The van der Waals surface area contributed by atoms with E-state index in [9.17, 15) is 9.90 Å². The first-order valence-corrected chi connectivity index (χ1v) is 6.81. The third kappa shape index (κ3) is 3.82. The summed E-state index contributed by atoms with van der Waals surface area (Å²) in [5.74, 6) is -0.677. The average Bonchev–Trinajstić information content (AvgIpc) is 2.43. The summed E-state index contributed by atoms with van der Waals surface area (Å²) in [6.07, 6.45) is 1.51. The first-order valence-electron chi connectivity index (χ1n) is 5.64. The Balaban J connectivity index is 2.05. The van der Waals surface area contributed by atoms with Crippen LogP contribution < -0.4 is 5.43 Å². The molecule has 102 valence electrons. The van der Waals surface area contributed by atoms with Crippen molar-refractivity contribution in [2.45, 2.75) is 0 Å². The van der Waals surface area contributed by atoms with Gasteiger partial charge in [0.05, 0.1) is 11.8 Å². The summed E-state index contributed by atoms with van der Waals surface area (Å²) >= 11 is 9.10. The molecule has 0 aliphatic heterocycles. The van der Waals surface area contributed by atoms with E-state index in [1.54, 1.807) is 0 Å². The Labute approximate surface area is 129 Å². The highest BCUT2D eigenvalue weighted by Gasteiger charge is 2.10. The number of nitrogens with zero attached hydrogens (tertiary/aromatic N) is 1. The molecule has 0 aliphatic carbocycles. The molecule has 0 heterocycles. The summed E-state index contributed by atoms with van der Waals surface area (Å²) in [7, 11) is 0. The van der Waals surface area contributed by atoms with Gasteiger partial charge in [-0.2, -0.15) is 5.10 Å². The van der Waals surface area contributed by atoms with E-state index in [4.69, 9.17) is 11.6 Å². The molecule has 0 radical (unpaired) electrons. The molecule has 6 heteroatoms. The Kier molecular flexibility index (Phi) is 4.76. The van der Waals surface area contributed by atoms with Crippen LogP contribution in [-0.2, 0) is 0 Å². The molecule has 0 bridgehead atoms. The zero-order valence-corrected chi connectivity index (χ0v) is 12.5. The number of aromatic hydroxyl groups is 1. The van der Waals surface area contributed by atoms with Crippen molar-refractivity contribution in [2.24, 2.45) is 5.10 Å². The summed E-state index contributed by atoms with van der Waals surface area (Å²) in [5.41, 5.74) is 3.24. The van der Waals surface area contributed by atoms with Crippen molar-refractivity contribution >= 4 is 39.7 Å². The number of hydrogen-bond donors (Lipinski definition) is 2. The maximum absolute atomic E-state index is 11.8. The highest BCUT2D eigenvalue weighted by atomic mass is 79.9. The predicted octanol–water partition coefficient (Wildman–Crippen LogP) is 3.57. The first-order chi connectivity index (χ1) is 9.56. The molecule has 0 fully saturated rings. The van der Waals surface area contributed by atoms with Crippen molar-refractivity contribution in [1.29, 1.82) is 0 Å². The zero-order valence-electron chi connectivity index (χ0n) is 10.2. The lowest BCUT2D eigenvalue weighted by Crippen LogP contribution is -2.17. The van der Waals surface area contributed by atoms with E-state index in [0.29, 0.717) is 5.02 Å². The van der Waals surface area contributed by atoms with Crippen molar-refractivity contribution in [3.63, 3.8) is 0 Å². The summed E-state index contributed by atoms with van der Waals surface area (Å²) in [6, 6.07) is 11.7. The number of halogens is 2. The van der Waals surface area contributed by atoms with E-state index < -0.39 is 5.91 Å².